The molecule has 4 N–H and O–H groups in total. The first-order chi connectivity index (χ1) is 7.99. The number of hydrogen-bond acceptors (Lipinski definition) is 5. The van der Waals surface area contributed by atoms with Crippen molar-refractivity contribution in [3.8, 4) is 0 Å². The molecule has 0 aliphatic heterocycles. The molecule has 90 valence electrons. The summed E-state index contributed by atoms with van der Waals surface area (Å²) < 4.78 is 26.0. The fourth-order valence-corrected chi connectivity index (χ4v) is 2.34. The molecule has 9 heteroatoms. The molecule has 2 heterocycles. The van der Waals surface area contributed by atoms with Crippen molar-refractivity contribution in [2.45, 2.75) is 4.90 Å². The number of hydrogen-bond donors (Lipinski definition) is 3. The minimum Gasteiger partial charge on any atom is -0.383 e. The van der Waals surface area contributed by atoms with Gasteiger partial charge in [0.1, 0.15) is 16.5 Å². The van der Waals surface area contributed by atoms with Crippen LogP contribution in [0.4, 0.5) is 11.6 Å². The Morgan fingerprint density at radius 3 is 2.82 bits per heavy atom. The fraction of sp³-hybridized carbons (Fsp3) is 0. The normalized spacial score (nSPS) is 11.4. The Balaban J connectivity index is 2.33. The Hall–Kier alpha value is -1.80. The van der Waals surface area contributed by atoms with Crippen LogP contribution in [0.2, 0.25) is 5.02 Å². The van der Waals surface area contributed by atoms with Crippen LogP contribution < -0.4 is 10.5 Å². The number of nitrogens with two attached hydrogens (primary N) is 1. The van der Waals surface area contributed by atoms with E-state index in [0.29, 0.717) is 5.02 Å². The van der Waals surface area contributed by atoms with E-state index in [1.54, 1.807) is 0 Å². The number of nitrogen functional groups attached to an aromatic ring is 1. The molecule has 0 aliphatic rings. The van der Waals surface area contributed by atoms with Crippen LogP contribution in [0.3, 0.4) is 0 Å². The predicted octanol–water partition coefficient (Wildman–Crippen LogP) is 0.841. The zero-order valence-electron chi connectivity index (χ0n) is 8.38. The van der Waals surface area contributed by atoms with Crippen molar-refractivity contribution in [1.82, 2.24) is 15.2 Å². The highest BCUT2D eigenvalue weighted by Crippen LogP contribution is 2.19. The minimum atomic E-state index is -3.81. The number of rotatable bonds is 3. The van der Waals surface area contributed by atoms with Gasteiger partial charge in [-0.1, -0.05) is 11.6 Å². The minimum absolute atomic E-state index is 0.0421. The summed E-state index contributed by atoms with van der Waals surface area (Å²) in [6, 6.07) is 2.92. The highest BCUT2D eigenvalue weighted by molar-refractivity contribution is 7.92. The molecule has 2 rings (SSSR count). The maximum absolute atomic E-state index is 11.9. The Labute approximate surface area is 102 Å². The van der Waals surface area contributed by atoms with Gasteiger partial charge in [-0.15, -0.1) is 0 Å². The highest BCUT2D eigenvalue weighted by Gasteiger charge is 2.19. The van der Waals surface area contributed by atoms with Crippen LogP contribution in [0.15, 0.2) is 29.4 Å². The summed E-state index contributed by atoms with van der Waals surface area (Å²) in [5.74, 6) is 0.0672. The monoisotopic (exact) mass is 273 g/mol. The number of nitrogens with one attached hydrogen (secondary N) is 2. The van der Waals surface area contributed by atoms with Crippen LogP contribution in [0.5, 0.6) is 0 Å². The number of halogens is 1. The average molecular weight is 274 g/mol. The smallest absolute Gasteiger partial charge is 0.268 e. The van der Waals surface area contributed by atoms with Crippen molar-refractivity contribution in [3.05, 3.63) is 29.5 Å². The van der Waals surface area contributed by atoms with Gasteiger partial charge in [0.2, 0.25) is 0 Å². The fourth-order valence-electron chi connectivity index (χ4n) is 1.15. The zero-order chi connectivity index (χ0) is 12.5. The second kappa shape index (κ2) is 4.22. The average Bonchev–Trinajstić information content (AvgIpc) is 2.64. The van der Waals surface area contributed by atoms with Gasteiger partial charge in [0.25, 0.3) is 10.0 Å². The third-order valence-corrected chi connectivity index (χ3v) is 3.50. The van der Waals surface area contributed by atoms with Crippen molar-refractivity contribution in [2.24, 2.45) is 0 Å². The van der Waals surface area contributed by atoms with Crippen molar-refractivity contribution in [3.63, 3.8) is 0 Å². The third-order valence-electron chi connectivity index (χ3n) is 1.88. The van der Waals surface area contributed by atoms with Crippen LogP contribution >= 0.6 is 11.6 Å². The molecule has 0 aliphatic carbocycles. The van der Waals surface area contributed by atoms with Gasteiger partial charge >= 0.3 is 0 Å². The van der Waals surface area contributed by atoms with Gasteiger partial charge < -0.3 is 5.73 Å². The van der Waals surface area contributed by atoms with E-state index in [1.165, 1.54) is 18.3 Å². The number of aromatic nitrogens is 3. The van der Waals surface area contributed by atoms with Crippen molar-refractivity contribution in [2.75, 3.05) is 10.5 Å². The molecule has 2 aromatic rings. The first-order valence-electron chi connectivity index (χ1n) is 4.42. The largest absolute Gasteiger partial charge is 0.383 e. The maximum Gasteiger partial charge on any atom is 0.268 e. The van der Waals surface area contributed by atoms with Crippen molar-refractivity contribution >= 4 is 33.3 Å². The molecule has 2 aromatic heterocycles. The van der Waals surface area contributed by atoms with E-state index in [0.717, 1.165) is 6.20 Å². The number of H-pyrrole nitrogens is 1. The van der Waals surface area contributed by atoms with E-state index in [4.69, 9.17) is 17.3 Å². The first-order valence-corrected chi connectivity index (χ1v) is 6.28. The van der Waals surface area contributed by atoms with E-state index in [9.17, 15) is 8.42 Å². The zero-order valence-corrected chi connectivity index (χ0v) is 9.96. The van der Waals surface area contributed by atoms with Gasteiger partial charge in [0.15, 0.2) is 0 Å². The molecule has 0 saturated carbocycles. The van der Waals surface area contributed by atoms with Gasteiger partial charge in [-0.25, -0.2) is 13.4 Å². The van der Waals surface area contributed by atoms with Crippen LogP contribution in [0.1, 0.15) is 0 Å². The Kier molecular flexibility index (Phi) is 2.90. The van der Waals surface area contributed by atoms with Gasteiger partial charge in [0.05, 0.1) is 6.20 Å². The molecule has 0 radical (unpaired) electrons. The number of anilines is 2. The number of pyridine rings is 1. The molecule has 0 aromatic carbocycles. The Morgan fingerprint density at radius 2 is 2.24 bits per heavy atom. The van der Waals surface area contributed by atoms with Gasteiger partial charge in [-0.05, 0) is 6.07 Å². The Morgan fingerprint density at radius 1 is 1.47 bits per heavy atom. The van der Waals surface area contributed by atoms with E-state index in [-0.39, 0.29) is 16.5 Å². The van der Waals surface area contributed by atoms with Gasteiger partial charge in [-0.2, -0.15) is 5.10 Å². The van der Waals surface area contributed by atoms with Crippen LogP contribution in [0, 0.1) is 0 Å². The lowest BCUT2D eigenvalue weighted by Crippen LogP contribution is -2.14. The highest BCUT2D eigenvalue weighted by atomic mass is 35.5. The summed E-state index contributed by atoms with van der Waals surface area (Å²) >= 11 is 5.71. The van der Waals surface area contributed by atoms with Crippen LogP contribution in [-0.2, 0) is 10.0 Å². The molecule has 0 atom stereocenters. The van der Waals surface area contributed by atoms with Crippen LogP contribution in [0.25, 0.3) is 0 Å². The van der Waals surface area contributed by atoms with E-state index in [2.05, 4.69) is 19.9 Å². The summed E-state index contributed by atoms with van der Waals surface area (Å²) in [6.45, 7) is 0. The number of nitrogens with zero attached hydrogens (tertiary/aromatic N) is 2. The quantitative estimate of drug-likeness (QED) is 0.767. The lowest BCUT2D eigenvalue weighted by atomic mass is 10.5. The van der Waals surface area contributed by atoms with Gasteiger partial charge in [0, 0.05) is 17.3 Å². The molecule has 0 unspecified atom stereocenters. The molecule has 0 fully saturated rings. The second-order valence-electron chi connectivity index (χ2n) is 3.11. The summed E-state index contributed by atoms with van der Waals surface area (Å²) in [5.41, 5.74) is 5.43. The standard InChI is InChI=1S/C8H8ClN5O2S/c9-5-1-2-11-7(3-5)14-17(15,16)6-4-12-13-8(6)10/h1-4H,(H,11,14)(H3,10,12,13). The number of aromatic amines is 1. The molecule has 17 heavy (non-hydrogen) atoms. The first kappa shape index (κ1) is 11.7. The van der Waals surface area contributed by atoms with Crippen molar-refractivity contribution < 1.29 is 8.42 Å². The molecule has 7 nitrogen and oxygen atoms in total. The van der Waals surface area contributed by atoms with E-state index >= 15 is 0 Å². The SMILES string of the molecule is Nc1[nH]ncc1S(=O)(=O)Nc1cc(Cl)ccn1. The summed E-state index contributed by atoms with van der Waals surface area (Å²) in [7, 11) is -3.81. The molecular formula is C8H8ClN5O2S. The van der Waals surface area contributed by atoms with Crippen LogP contribution in [-0.4, -0.2) is 23.6 Å². The molecule has 0 spiro atoms. The lowest BCUT2D eigenvalue weighted by molar-refractivity contribution is 0.601. The summed E-state index contributed by atoms with van der Waals surface area (Å²) in [6.07, 6.45) is 2.50. The topological polar surface area (TPSA) is 114 Å². The van der Waals surface area contributed by atoms with Gasteiger partial charge in [-0.3, -0.25) is 9.82 Å². The molecule has 0 saturated heterocycles. The molecule has 0 amide bonds. The summed E-state index contributed by atoms with van der Waals surface area (Å²) in [4.78, 5) is 3.68. The van der Waals surface area contributed by atoms with E-state index in [1.807, 2.05) is 0 Å². The second-order valence-corrected chi connectivity index (χ2v) is 5.20. The van der Waals surface area contributed by atoms with Crippen molar-refractivity contribution in [1.29, 1.82) is 0 Å². The van der Waals surface area contributed by atoms with E-state index < -0.39 is 10.0 Å². The maximum atomic E-state index is 11.9. The third kappa shape index (κ3) is 2.48. The lowest BCUT2D eigenvalue weighted by Gasteiger charge is -2.05. The summed E-state index contributed by atoms with van der Waals surface area (Å²) in [5, 5.41) is 6.24. The predicted molar refractivity (Wildman–Crippen MR) is 63.1 cm³/mol. The Bertz CT molecular complexity index is 639. The molecular weight excluding hydrogens is 266 g/mol. The molecule has 0 bridgehead atoms. The number of sulfonamides is 1.